The molecule has 0 spiro atoms. The van der Waals surface area contributed by atoms with Crippen molar-refractivity contribution in [2.45, 2.75) is 44.4 Å². The number of hydrogen-bond donors (Lipinski definition) is 1. The molecule has 2 saturated carbocycles. The van der Waals surface area contributed by atoms with Crippen LogP contribution in [0.3, 0.4) is 0 Å². The van der Waals surface area contributed by atoms with Crippen molar-refractivity contribution in [1.29, 1.82) is 0 Å². The van der Waals surface area contributed by atoms with Crippen LogP contribution in [0.25, 0.3) is 16.9 Å². The van der Waals surface area contributed by atoms with Crippen molar-refractivity contribution in [3.63, 3.8) is 0 Å². The van der Waals surface area contributed by atoms with Crippen molar-refractivity contribution < 1.29 is 9.53 Å². The zero-order valence-electron chi connectivity index (χ0n) is 21.3. The lowest BCUT2D eigenvalue weighted by Gasteiger charge is -2.14. The first-order chi connectivity index (χ1) is 18.0. The van der Waals surface area contributed by atoms with Crippen LogP contribution in [0, 0.1) is 17.8 Å². The predicted molar refractivity (Wildman–Crippen MR) is 140 cm³/mol. The Labute approximate surface area is 216 Å². The summed E-state index contributed by atoms with van der Waals surface area (Å²) in [6, 6.07) is 8.36. The van der Waals surface area contributed by atoms with Gasteiger partial charge in [-0.25, -0.2) is 4.98 Å². The Kier molecular flexibility index (Phi) is 5.39. The largest absolute Gasteiger partial charge is 0.381 e. The molecule has 5 heterocycles. The molecule has 1 saturated heterocycles. The Morgan fingerprint density at radius 3 is 2.78 bits per heavy atom. The molecule has 3 aliphatic rings. The highest BCUT2D eigenvalue weighted by Crippen LogP contribution is 2.48. The third-order valence-electron chi connectivity index (χ3n) is 8.35. The summed E-state index contributed by atoms with van der Waals surface area (Å²) in [5, 5.41) is 7.58. The van der Waals surface area contributed by atoms with E-state index in [2.05, 4.69) is 51.7 Å². The van der Waals surface area contributed by atoms with E-state index in [1.165, 1.54) is 24.0 Å². The molecule has 4 atom stereocenters. The lowest BCUT2D eigenvalue weighted by atomic mass is 9.90. The van der Waals surface area contributed by atoms with Crippen LogP contribution >= 0.6 is 0 Å². The number of ether oxygens (including phenoxy) is 1. The van der Waals surface area contributed by atoms with E-state index in [9.17, 15) is 4.79 Å². The normalized spacial score (nSPS) is 25.0. The molecular formula is C29H32N6O2. The number of carbonyl (C=O) groups excluding carboxylic acids is 1. The predicted octanol–water partition coefficient (Wildman–Crippen LogP) is 4.57. The fourth-order valence-electron chi connectivity index (χ4n) is 5.77. The third-order valence-corrected chi connectivity index (χ3v) is 8.35. The fourth-order valence-corrected chi connectivity index (χ4v) is 5.77. The number of pyridine rings is 2. The van der Waals surface area contributed by atoms with Crippen LogP contribution in [0.15, 0.2) is 49.1 Å². The van der Waals surface area contributed by atoms with Gasteiger partial charge in [0.2, 0.25) is 5.91 Å². The van der Waals surface area contributed by atoms with Gasteiger partial charge in [-0.2, -0.15) is 5.10 Å². The molecule has 3 fully saturated rings. The van der Waals surface area contributed by atoms with E-state index in [-0.39, 0.29) is 17.7 Å². The van der Waals surface area contributed by atoms with Crippen molar-refractivity contribution in [3.05, 3.63) is 65.9 Å². The minimum atomic E-state index is -0.0430. The van der Waals surface area contributed by atoms with Gasteiger partial charge in [0.15, 0.2) is 5.82 Å². The average molecular weight is 497 g/mol. The second-order valence-corrected chi connectivity index (χ2v) is 11.2. The van der Waals surface area contributed by atoms with Crippen LogP contribution in [-0.4, -0.2) is 43.3 Å². The number of rotatable bonds is 7. The molecule has 1 aliphatic heterocycles. The zero-order valence-corrected chi connectivity index (χ0v) is 21.3. The maximum absolute atomic E-state index is 12.9. The van der Waals surface area contributed by atoms with Gasteiger partial charge in [-0.15, -0.1) is 0 Å². The highest BCUT2D eigenvalue weighted by molar-refractivity contribution is 5.94. The molecule has 0 radical (unpaired) electrons. The van der Waals surface area contributed by atoms with Gasteiger partial charge in [0.1, 0.15) is 5.65 Å². The second kappa shape index (κ2) is 8.80. The fraction of sp³-hybridized carbons (Fsp3) is 0.448. The number of nitrogens with one attached hydrogen (secondary N) is 1. The molecule has 37 heavy (non-hydrogen) atoms. The van der Waals surface area contributed by atoms with E-state index in [1.54, 1.807) is 0 Å². The van der Waals surface area contributed by atoms with E-state index in [4.69, 9.17) is 4.74 Å². The van der Waals surface area contributed by atoms with Crippen molar-refractivity contribution in [2.24, 2.45) is 24.8 Å². The number of amides is 1. The van der Waals surface area contributed by atoms with Crippen LogP contribution in [-0.2, 0) is 23.0 Å². The van der Waals surface area contributed by atoms with E-state index in [0.717, 1.165) is 48.7 Å². The number of fused-ring (bicyclic) bond motifs is 1. The average Bonchev–Trinajstić information content (AvgIpc) is 3.79. The molecule has 4 aromatic heterocycles. The Bertz CT molecular complexity index is 1470. The first kappa shape index (κ1) is 22.7. The highest BCUT2D eigenvalue weighted by Gasteiger charge is 2.45. The quantitative estimate of drug-likeness (QED) is 0.405. The second-order valence-electron chi connectivity index (χ2n) is 11.2. The van der Waals surface area contributed by atoms with Crippen molar-refractivity contribution in [1.82, 2.24) is 24.1 Å². The van der Waals surface area contributed by atoms with Crippen LogP contribution < -0.4 is 5.32 Å². The number of anilines is 1. The topological polar surface area (TPSA) is 86.3 Å². The highest BCUT2D eigenvalue weighted by atomic mass is 16.5. The van der Waals surface area contributed by atoms with E-state index in [1.807, 2.05) is 40.8 Å². The number of hydrogen-bond acceptors (Lipinski definition) is 5. The number of nitrogens with zero attached hydrogens (tertiary/aromatic N) is 5. The first-order valence-electron chi connectivity index (χ1n) is 13.4. The van der Waals surface area contributed by atoms with Crippen LogP contribution in [0.2, 0.25) is 0 Å². The molecule has 190 valence electrons. The molecule has 2 aliphatic carbocycles. The Hall–Kier alpha value is -3.52. The summed E-state index contributed by atoms with van der Waals surface area (Å²) < 4.78 is 9.59. The Morgan fingerprint density at radius 2 is 2.03 bits per heavy atom. The van der Waals surface area contributed by atoms with Crippen molar-refractivity contribution in [2.75, 3.05) is 18.5 Å². The van der Waals surface area contributed by atoms with Crippen LogP contribution in [0.5, 0.6) is 0 Å². The van der Waals surface area contributed by atoms with Gasteiger partial charge in [0.25, 0.3) is 0 Å². The summed E-state index contributed by atoms with van der Waals surface area (Å²) in [5.74, 6) is 2.52. The van der Waals surface area contributed by atoms with Crippen LogP contribution in [0.4, 0.5) is 5.82 Å². The number of imidazole rings is 1. The molecule has 1 N–H and O–H groups in total. The van der Waals surface area contributed by atoms with Gasteiger partial charge in [0, 0.05) is 49.1 Å². The SMILES string of the molecule is C[C@@H]1COC[C@@H]1Cc1cnn(C)c1-c1ccc2nc(NC(=O)[C@H]3C[C@H]3c3ccc(C4CC4)cn3)cn2c1. The summed E-state index contributed by atoms with van der Waals surface area (Å²) in [4.78, 5) is 22.2. The Balaban J connectivity index is 1.06. The maximum atomic E-state index is 12.9. The molecule has 0 bridgehead atoms. The molecular weight excluding hydrogens is 464 g/mol. The monoisotopic (exact) mass is 496 g/mol. The van der Waals surface area contributed by atoms with Gasteiger partial charge in [-0.1, -0.05) is 13.0 Å². The van der Waals surface area contributed by atoms with Crippen LogP contribution in [0.1, 0.15) is 54.8 Å². The standard InChI is InChI=1S/C29H32N6O2/c1-17-15-37-16-22(17)9-21-12-31-34(2)28(21)20-6-8-27-32-26(14-35(27)13-20)33-29(36)24-10-23(24)25-7-5-19(11-30-25)18-3-4-18/h5-8,11-14,17-18,22-24H,3-4,9-10,15-16H2,1-2H3,(H,33,36)/t17-,22+,23-,24+/m1/s1. The molecule has 8 nitrogen and oxygen atoms in total. The first-order valence-corrected chi connectivity index (χ1v) is 13.4. The van der Waals surface area contributed by atoms with Crippen molar-refractivity contribution >= 4 is 17.4 Å². The summed E-state index contributed by atoms with van der Waals surface area (Å²) >= 11 is 0. The lowest BCUT2D eigenvalue weighted by Crippen LogP contribution is -2.15. The van der Waals surface area contributed by atoms with Gasteiger partial charge in [-0.3, -0.25) is 14.5 Å². The third kappa shape index (κ3) is 4.33. The molecule has 7 rings (SSSR count). The maximum Gasteiger partial charge on any atom is 0.229 e. The molecule has 0 aromatic carbocycles. The molecule has 1 amide bonds. The minimum Gasteiger partial charge on any atom is -0.381 e. The zero-order chi connectivity index (χ0) is 25.1. The summed E-state index contributed by atoms with van der Waals surface area (Å²) in [5.41, 5.74) is 6.57. The molecule has 4 aromatic rings. The lowest BCUT2D eigenvalue weighted by molar-refractivity contribution is -0.117. The van der Waals surface area contributed by atoms with E-state index < -0.39 is 0 Å². The van der Waals surface area contributed by atoms with E-state index >= 15 is 0 Å². The van der Waals surface area contributed by atoms with Crippen molar-refractivity contribution in [3.8, 4) is 11.3 Å². The van der Waals surface area contributed by atoms with E-state index in [0.29, 0.717) is 23.6 Å². The van der Waals surface area contributed by atoms with Gasteiger partial charge >= 0.3 is 0 Å². The molecule has 8 heteroatoms. The number of carbonyl (C=O) groups is 1. The smallest absolute Gasteiger partial charge is 0.229 e. The number of aryl methyl sites for hydroxylation is 1. The molecule has 0 unspecified atom stereocenters. The Morgan fingerprint density at radius 1 is 1.14 bits per heavy atom. The van der Waals surface area contributed by atoms with Gasteiger partial charge < -0.3 is 14.5 Å². The summed E-state index contributed by atoms with van der Waals surface area (Å²) in [6.07, 6.45) is 12.3. The number of aromatic nitrogens is 5. The van der Waals surface area contributed by atoms with Gasteiger partial charge in [-0.05, 0) is 72.8 Å². The van der Waals surface area contributed by atoms with Gasteiger partial charge in [0.05, 0.1) is 24.7 Å². The minimum absolute atomic E-state index is 0.0172. The summed E-state index contributed by atoms with van der Waals surface area (Å²) in [6.45, 7) is 3.90. The summed E-state index contributed by atoms with van der Waals surface area (Å²) in [7, 11) is 1.98.